The highest BCUT2D eigenvalue weighted by molar-refractivity contribution is 9.10. The molecule has 2 fully saturated rings. The molecule has 2 aliphatic rings. The van der Waals surface area contributed by atoms with Crippen molar-refractivity contribution in [1.82, 2.24) is 14.2 Å². The first-order valence-corrected chi connectivity index (χ1v) is 13.7. The first kappa shape index (κ1) is 23.5. The zero-order valence-electron chi connectivity index (χ0n) is 18.7. The van der Waals surface area contributed by atoms with Crippen molar-refractivity contribution in [2.75, 3.05) is 25.2 Å². The highest BCUT2D eigenvalue weighted by Crippen LogP contribution is 2.36. The number of hydrogen-bond donors (Lipinski definition) is 1. The second-order valence-electron chi connectivity index (χ2n) is 9.14. The summed E-state index contributed by atoms with van der Waals surface area (Å²) in [6.45, 7) is 2.83. The molecule has 10 heteroatoms. The van der Waals surface area contributed by atoms with Gasteiger partial charge < -0.3 is 9.73 Å². The standard InChI is InChI=1S/C22H30BrN5O3S/c1-14-4-7-17(13-27(2)32(3,29)30)28(14)16-8-5-15(6-9-16)26-22-21(23)19-10-18(11-24)31-20(19)12-25-22/h10,12,14-17H,4-9,13H2,1-3H3,(H,25,26). The fourth-order valence-electron chi connectivity index (χ4n) is 5.21. The Morgan fingerprint density at radius 1 is 1.31 bits per heavy atom. The third kappa shape index (κ3) is 4.81. The monoisotopic (exact) mass is 523 g/mol. The molecule has 0 radical (unpaired) electrons. The van der Waals surface area contributed by atoms with Gasteiger partial charge in [0.1, 0.15) is 11.9 Å². The third-order valence-corrected chi connectivity index (χ3v) is 9.05. The molecule has 1 aliphatic heterocycles. The summed E-state index contributed by atoms with van der Waals surface area (Å²) in [5.41, 5.74) is 0.593. The fraction of sp³-hybridized carbons (Fsp3) is 0.636. The summed E-state index contributed by atoms with van der Waals surface area (Å²) < 4.78 is 31.6. The van der Waals surface area contributed by atoms with Crippen LogP contribution in [0.4, 0.5) is 5.82 Å². The number of furan rings is 1. The van der Waals surface area contributed by atoms with Crippen LogP contribution in [0.15, 0.2) is 21.2 Å². The van der Waals surface area contributed by atoms with E-state index in [0.29, 0.717) is 30.3 Å². The highest BCUT2D eigenvalue weighted by atomic mass is 79.9. The Morgan fingerprint density at radius 3 is 2.69 bits per heavy atom. The van der Waals surface area contributed by atoms with Crippen molar-refractivity contribution < 1.29 is 12.8 Å². The average Bonchev–Trinajstić information content (AvgIpc) is 3.34. The van der Waals surface area contributed by atoms with E-state index in [-0.39, 0.29) is 11.8 Å². The van der Waals surface area contributed by atoms with E-state index in [9.17, 15) is 8.42 Å². The molecule has 0 amide bonds. The van der Waals surface area contributed by atoms with Crippen molar-refractivity contribution in [3.8, 4) is 6.07 Å². The molecule has 1 saturated carbocycles. The van der Waals surface area contributed by atoms with E-state index in [0.717, 1.165) is 54.2 Å². The molecule has 32 heavy (non-hydrogen) atoms. The lowest BCUT2D eigenvalue weighted by molar-refractivity contribution is 0.0951. The topological polar surface area (TPSA) is 102 Å². The number of halogens is 1. The Hall–Kier alpha value is -1.67. The van der Waals surface area contributed by atoms with Gasteiger partial charge in [-0.2, -0.15) is 5.26 Å². The molecule has 1 aliphatic carbocycles. The van der Waals surface area contributed by atoms with Crippen LogP contribution in [0.25, 0.3) is 11.0 Å². The molecule has 174 valence electrons. The Labute approximate surface area is 198 Å². The number of nitrogens with one attached hydrogen (secondary N) is 1. The van der Waals surface area contributed by atoms with Gasteiger partial charge in [0.25, 0.3) is 0 Å². The molecule has 2 aromatic heterocycles. The normalized spacial score (nSPS) is 27.1. The van der Waals surface area contributed by atoms with Crippen LogP contribution < -0.4 is 5.32 Å². The molecule has 1 N–H and O–H groups in total. The maximum atomic E-state index is 11.9. The lowest BCUT2D eigenvalue weighted by Crippen LogP contribution is -2.50. The lowest BCUT2D eigenvalue weighted by atomic mass is 9.89. The van der Waals surface area contributed by atoms with Crippen LogP contribution in [-0.2, 0) is 10.0 Å². The van der Waals surface area contributed by atoms with Gasteiger partial charge in [-0.1, -0.05) is 0 Å². The first-order chi connectivity index (χ1) is 15.2. The minimum absolute atomic E-state index is 0.274. The van der Waals surface area contributed by atoms with Crippen LogP contribution in [-0.4, -0.2) is 66.6 Å². The van der Waals surface area contributed by atoms with Crippen LogP contribution in [0.5, 0.6) is 0 Å². The smallest absolute Gasteiger partial charge is 0.211 e. The summed E-state index contributed by atoms with van der Waals surface area (Å²) in [6, 6.07) is 5.33. The highest BCUT2D eigenvalue weighted by Gasteiger charge is 2.38. The zero-order valence-corrected chi connectivity index (χ0v) is 21.1. The molecular formula is C22H30BrN5O3S. The average molecular weight is 524 g/mol. The number of fused-ring (bicyclic) bond motifs is 1. The second-order valence-corrected chi connectivity index (χ2v) is 12.0. The third-order valence-electron chi connectivity index (χ3n) is 6.97. The molecular weight excluding hydrogens is 494 g/mol. The molecule has 2 aromatic rings. The van der Waals surface area contributed by atoms with Gasteiger partial charge in [0.05, 0.1) is 16.9 Å². The summed E-state index contributed by atoms with van der Waals surface area (Å²) >= 11 is 3.62. The molecule has 2 unspecified atom stereocenters. The maximum Gasteiger partial charge on any atom is 0.211 e. The van der Waals surface area contributed by atoms with Crippen molar-refractivity contribution in [1.29, 1.82) is 5.26 Å². The largest absolute Gasteiger partial charge is 0.444 e. The fourth-order valence-corrected chi connectivity index (χ4v) is 6.18. The first-order valence-electron chi connectivity index (χ1n) is 11.1. The molecule has 1 saturated heterocycles. The number of sulfonamides is 1. The van der Waals surface area contributed by atoms with E-state index in [2.05, 4.69) is 38.1 Å². The van der Waals surface area contributed by atoms with Crippen LogP contribution in [0.2, 0.25) is 0 Å². The van der Waals surface area contributed by atoms with Crippen molar-refractivity contribution in [3.05, 3.63) is 22.5 Å². The number of nitriles is 1. The summed E-state index contributed by atoms with van der Waals surface area (Å²) in [5, 5.41) is 13.5. The summed E-state index contributed by atoms with van der Waals surface area (Å²) in [6.07, 6.45) is 9.31. The number of rotatable bonds is 6. The number of likely N-dealkylation sites (tertiary alicyclic amines) is 1. The van der Waals surface area contributed by atoms with Gasteiger partial charge in [0.15, 0.2) is 5.58 Å². The van der Waals surface area contributed by atoms with Gasteiger partial charge in [0, 0.05) is 49.2 Å². The van der Waals surface area contributed by atoms with E-state index in [1.165, 1.54) is 10.6 Å². The second kappa shape index (κ2) is 9.29. The van der Waals surface area contributed by atoms with Crippen LogP contribution in [0, 0.1) is 11.3 Å². The Kier molecular flexibility index (Phi) is 6.82. The van der Waals surface area contributed by atoms with E-state index in [1.807, 2.05) is 6.07 Å². The zero-order chi connectivity index (χ0) is 23.0. The van der Waals surface area contributed by atoms with E-state index in [1.54, 1.807) is 19.3 Å². The van der Waals surface area contributed by atoms with Crippen molar-refractivity contribution in [2.24, 2.45) is 0 Å². The van der Waals surface area contributed by atoms with Crippen molar-refractivity contribution in [2.45, 2.75) is 69.6 Å². The molecule has 0 bridgehead atoms. The number of aromatic nitrogens is 1. The number of likely N-dealkylation sites (N-methyl/N-ethyl adjacent to an activating group) is 1. The Morgan fingerprint density at radius 2 is 2.03 bits per heavy atom. The maximum absolute atomic E-state index is 11.9. The van der Waals surface area contributed by atoms with Gasteiger partial charge in [-0.05, 0) is 61.4 Å². The molecule has 2 atom stereocenters. The van der Waals surface area contributed by atoms with Gasteiger partial charge >= 0.3 is 0 Å². The van der Waals surface area contributed by atoms with Crippen LogP contribution >= 0.6 is 15.9 Å². The predicted molar refractivity (Wildman–Crippen MR) is 128 cm³/mol. The number of anilines is 1. The Bertz CT molecular complexity index is 1120. The van der Waals surface area contributed by atoms with Crippen LogP contribution in [0.1, 0.15) is 51.2 Å². The quantitative estimate of drug-likeness (QED) is 0.611. The SMILES string of the molecule is CC1CCC(CN(C)S(C)(=O)=O)N1C1CCC(Nc2ncc3oc(C#N)cc3c2Br)CC1. The minimum atomic E-state index is -3.16. The van der Waals surface area contributed by atoms with E-state index >= 15 is 0 Å². The lowest BCUT2D eigenvalue weighted by Gasteiger charge is -2.41. The van der Waals surface area contributed by atoms with Gasteiger partial charge in [-0.25, -0.2) is 17.7 Å². The summed E-state index contributed by atoms with van der Waals surface area (Å²) in [5.74, 6) is 1.05. The molecule has 0 aromatic carbocycles. The molecule has 4 rings (SSSR count). The van der Waals surface area contributed by atoms with Crippen molar-refractivity contribution >= 4 is 42.7 Å². The van der Waals surface area contributed by atoms with Crippen LogP contribution in [0.3, 0.4) is 0 Å². The van der Waals surface area contributed by atoms with Gasteiger partial charge in [-0.15, -0.1) is 0 Å². The molecule has 8 nitrogen and oxygen atoms in total. The van der Waals surface area contributed by atoms with Gasteiger partial charge in [-0.3, -0.25) is 4.90 Å². The minimum Gasteiger partial charge on any atom is -0.444 e. The molecule has 0 spiro atoms. The van der Waals surface area contributed by atoms with Crippen molar-refractivity contribution in [3.63, 3.8) is 0 Å². The summed E-state index contributed by atoms with van der Waals surface area (Å²) in [4.78, 5) is 7.07. The van der Waals surface area contributed by atoms with E-state index < -0.39 is 10.0 Å². The summed E-state index contributed by atoms with van der Waals surface area (Å²) in [7, 11) is -1.49. The number of hydrogen-bond acceptors (Lipinski definition) is 7. The predicted octanol–water partition coefficient (Wildman–Crippen LogP) is 3.93. The van der Waals surface area contributed by atoms with E-state index in [4.69, 9.17) is 9.68 Å². The Balaban J connectivity index is 1.39. The molecule has 3 heterocycles. The number of nitrogens with zero attached hydrogens (tertiary/aromatic N) is 4. The number of pyridine rings is 1. The van der Waals surface area contributed by atoms with Gasteiger partial charge in [0.2, 0.25) is 15.8 Å².